The molecule has 1 rings (SSSR count). The van der Waals surface area contributed by atoms with Crippen molar-refractivity contribution in [2.24, 2.45) is 0 Å². The van der Waals surface area contributed by atoms with E-state index >= 15 is 0 Å². The molecule has 0 saturated heterocycles. The zero-order valence-corrected chi connectivity index (χ0v) is 9.15. The summed E-state index contributed by atoms with van der Waals surface area (Å²) >= 11 is 5.96. The third-order valence-corrected chi connectivity index (χ3v) is 2.65. The Morgan fingerprint density at radius 3 is 2.86 bits per heavy atom. The molecule has 0 aliphatic carbocycles. The normalized spacial score (nSPS) is 12.9. The van der Waals surface area contributed by atoms with Gasteiger partial charge in [0.2, 0.25) is 0 Å². The Labute approximate surface area is 90.1 Å². The van der Waals surface area contributed by atoms with E-state index in [4.69, 9.17) is 11.6 Å². The molecule has 0 saturated carbocycles. The van der Waals surface area contributed by atoms with Crippen LogP contribution in [0.25, 0.3) is 0 Å². The van der Waals surface area contributed by atoms with Crippen molar-refractivity contribution in [1.82, 2.24) is 0 Å². The largest absolute Gasteiger partial charge is 0.207 e. The second-order valence-electron chi connectivity index (χ2n) is 3.50. The van der Waals surface area contributed by atoms with Gasteiger partial charge in [-0.15, -0.1) is 0 Å². The van der Waals surface area contributed by atoms with Gasteiger partial charge < -0.3 is 0 Å². The first-order chi connectivity index (χ1) is 6.65. The minimum Gasteiger partial charge on any atom is -0.207 e. The van der Waals surface area contributed by atoms with Crippen LogP contribution < -0.4 is 0 Å². The lowest BCUT2D eigenvalue weighted by Gasteiger charge is -2.12. The van der Waals surface area contributed by atoms with Gasteiger partial charge in [-0.05, 0) is 43.0 Å². The second kappa shape index (κ2) is 5.35. The first-order valence-corrected chi connectivity index (χ1v) is 5.31. The minimum atomic E-state index is -0.241. The lowest BCUT2D eigenvalue weighted by molar-refractivity contribution is 0.616. The second-order valence-corrected chi connectivity index (χ2v) is 3.91. The van der Waals surface area contributed by atoms with Crippen LogP contribution >= 0.6 is 11.6 Å². The van der Waals surface area contributed by atoms with E-state index in [0.29, 0.717) is 5.02 Å². The van der Waals surface area contributed by atoms with Gasteiger partial charge in [0, 0.05) is 5.02 Å². The van der Waals surface area contributed by atoms with Gasteiger partial charge in [0.1, 0.15) is 5.82 Å². The topological polar surface area (TPSA) is 0 Å². The smallest absolute Gasteiger partial charge is 0.123 e. The Kier molecular flexibility index (Phi) is 4.40. The predicted molar refractivity (Wildman–Crippen MR) is 59.0 cm³/mol. The van der Waals surface area contributed by atoms with Gasteiger partial charge in [-0.2, -0.15) is 0 Å². The summed E-state index contributed by atoms with van der Waals surface area (Å²) in [6.07, 6.45) is 3.18. The first-order valence-electron chi connectivity index (χ1n) is 4.93. The first kappa shape index (κ1) is 11.5. The summed E-state index contributed by atoms with van der Waals surface area (Å²) in [6, 6.07) is 4.45. The number of hydrogen-bond acceptors (Lipinski definition) is 0. The van der Waals surface area contributed by atoms with Crippen molar-refractivity contribution in [3.05, 3.63) is 41.5 Å². The maximum absolute atomic E-state index is 12.9. The van der Waals surface area contributed by atoms with Crippen LogP contribution in [0.4, 0.5) is 4.39 Å². The molecule has 1 aromatic carbocycles. The average molecular weight is 214 g/mol. The summed E-state index contributed by atoms with van der Waals surface area (Å²) in [5, 5.41) is 0.613. The Hall–Kier alpha value is -0.560. The maximum atomic E-state index is 12.9. The van der Waals surface area contributed by atoms with E-state index in [2.05, 4.69) is 13.8 Å². The highest BCUT2D eigenvalue weighted by atomic mass is 35.5. The molecule has 14 heavy (non-hydrogen) atoms. The molecular formula is C12H15ClF. The third-order valence-electron chi connectivity index (χ3n) is 2.30. The molecule has 0 fully saturated rings. The van der Waals surface area contributed by atoms with Gasteiger partial charge >= 0.3 is 0 Å². The van der Waals surface area contributed by atoms with Gasteiger partial charge in [0.25, 0.3) is 0 Å². The van der Waals surface area contributed by atoms with Gasteiger partial charge in [0.05, 0.1) is 0 Å². The minimum absolute atomic E-state index is 0.0955. The fraction of sp³-hybridized carbons (Fsp3) is 0.417. The summed E-state index contributed by atoms with van der Waals surface area (Å²) in [5.41, 5.74) is 0.820. The van der Waals surface area contributed by atoms with Gasteiger partial charge in [-0.3, -0.25) is 0 Å². The Bertz CT molecular complexity index is 296. The predicted octanol–water partition coefficient (Wildman–Crippen LogP) is 4.59. The molecule has 1 radical (unpaired) electrons. The van der Waals surface area contributed by atoms with E-state index in [9.17, 15) is 4.39 Å². The molecular weight excluding hydrogens is 199 g/mol. The van der Waals surface area contributed by atoms with Crippen LogP contribution in [0, 0.1) is 12.7 Å². The van der Waals surface area contributed by atoms with Crippen molar-refractivity contribution >= 4 is 11.6 Å². The van der Waals surface area contributed by atoms with Crippen molar-refractivity contribution in [2.75, 3.05) is 0 Å². The molecule has 0 aliphatic heterocycles. The van der Waals surface area contributed by atoms with E-state index in [-0.39, 0.29) is 11.7 Å². The van der Waals surface area contributed by atoms with Crippen molar-refractivity contribution in [3.8, 4) is 0 Å². The summed E-state index contributed by atoms with van der Waals surface area (Å²) in [7, 11) is 0. The Balaban J connectivity index is 2.77. The van der Waals surface area contributed by atoms with Gasteiger partial charge in [0.15, 0.2) is 0 Å². The SMILES string of the molecule is [CH2]C(CCCC)c1cc(F)ccc1Cl. The molecule has 1 atom stereocenters. The van der Waals surface area contributed by atoms with E-state index in [0.717, 1.165) is 24.8 Å². The van der Waals surface area contributed by atoms with Crippen LogP contribution in [-0.2, 0) is 0 Å². The zero-order chi connectivity index (χ0) is 10.6. The van der Waals surface area contributed by atoms with Gasteiger partial charge in [-0.1, -0.05) is 31.4 Å². The summed E-state index contributed by atoms with van der Waals surface area (Å²) in [6.45, 7) is 6.12. The van der Waals surface area contributed by atoms with Crippen LogP contribution in [0.3, 0.4) is 0 Å². The number of rotatable bonds is 4. The van der Waals surface area contributed by atoms with Crippen LogP contribution in [0.5, 0.6) is 0 Å². The molecule has 0 aliphatic rings. The molecule has 0 heterocycles. The molecule has 0 nitrogen and oxygen atoms in total. The molecule has 0 aromatic heterocycles. The van der Waals surface area contributed by atoms with E-state index in [1.807, 2.05) is 0 Å². The molecule has 1 aromatic rings. The number of hydrogen-bond donors (Lipinski definition) is 0. The number of halogens is 2. The quantitative estimate of drug-likeness (QED) is 0.687. The van der Waals surface area contributed by atoms with Crippen LogP contribution in [-0.4, -0.2) is 0 Å². The summed E-state index contributed by atoms with van der Waals surface area (Å²) in [4.78, 5) is 0. The average Bonchev–Trinajstić information content (AvgIpc) is 2.18. The maximum Gasteiger partial charge on any atom is 0.123 e. The lowest BCUT2D eigenvalue weighted by atomic mass is 9.95. The lowest BCUT2D eigenvalue weighted by Crippen LogP contribution is -1.96. The standard InChI is InChI=1S/C12H15ClF/c1-3-4-5-9(2)11-8-10(14)6-7-12(11)13/h6-9H,2-5H2,1H3. The molecule has 0 N–H and O–H groups in total. The number of unbranched alkanes of at least 4 members (excludes halogenated alkanes) is 1. The van der Waals surface area contributed by atoms with E-state index in [1.165, 1.54) is 12.1 Å². The monoisotopic (exact) mass is 213 g/mol. The van der Waals surface area contributed by atoms with Crippen molar-refractivity contribution in [2.45, 2.75) is 32.1 Å². The Morgan fingerprint density at radius 1 is 1.50 bits per heavy atom. The molecule has 0 amide bonds. The zero-order valence-electron chi connectivity index (χ0n) is 8.39. The molecule has 1 unspecified atom stereocenters. The molecule has 0 spiro atoms. The van der Waals surface area contributed by atoms with E-state index in [1.54, 1.807) is 6.07 Å². The highest BCUT2D eigenvalue weighted by Gasteiger charge is 2.10. The van der Waals surface area contributed by atoms with Crippen molar-refractivity contribution < 1.29 is 4.39 Å². The molecule has 2 heteroatoms. The summed E-state index contributed by atoms with van der Waals surface area (Å²) in [5.74, 6) is -0.146. The highest BCUT2D eigenvalue weighted by molar-refractivity contribution is 6.31. The fourth-order valence-electron chi connectivity index (χ4n) is 1.43. The van der Waals surface area contributed by atoms with Crippen LogP contribution in [0.1, 0.15) is 37.7 Å². The highest BCUT2D eigenvalue weighted by Crippen LogP contribution is 2.28. The van der Waals surface area contributed by atoms with E-state index < -0.39 is 0 Å². The fourth-order valence-corrected chi connectivity index (χ4v) is 1.71. The van der Waals surface area contributed by atoms with Crippen molar-refractivity contribution in [1.29, 1.82) is 0 Å². The van der Waals surface area contributed by atoms with Crippen molar-refractivity contribution in [3.63, 3.8) is 0 Å². The molecule has 77 valence electrons. The van der Waals surface area contributed by atoms with Crippen LogP contribution in [0.2, 0.25) is 5.02 Å². The summed E-state index contributed by atoms with van der Waals surface area (Å²) < 4.78 is 12.9. The molecule has 0 bridgehead atoms. The number of benzene rings is 1. The van der Waals surface area contributed by atoms with Gasteiger partial charge in [-0.25, -0.2) is 4.39 Å². The third kappa shape index (κ3) is 2.98. The van der Waals surface area contributed by atoms with Crippen LogP contribution in [0.15, 0.2) is 18.2 Å². The Morgan fingerprint density at radius 2 is 2.21 bits per heavy atom.